The third-order valence-corrected chi connectivity index (χ3v) is 6.85. The Morgan fingerprint density at radius 3 is 2.39 bits per heavy atom. The van der Waals surface area contributed by atoms with Crippen molar-refractivity contribution in [1.82, 2.24) is 10.2 Å². The summed E-state index contributed by atoms with van der Waals surface area (Å²) in [5.41, 5.74) is 3.29. The van der Waals surface area contributed by atoms with Crippen LogP contribution in [0.1, 0.15) is 38.7 Å². The van der Waals surface area contributed by atoms with Gasteiger partial charge < -0.3 is 20.0 Å². The van der Waals surface area contributed by atoms with E-state index in [9.17, 15) is 4.79 Å². The average molecular weight is 437 g/mol. The Morgan fingerprint density at radius 2 is 1.68 bits per heavy atom. The number of hydrogen-bond acceptors (Lipinski definition) is 3. The maximum atomic E-state index is 13.3. The molecule has 0 aromatic heterocycles. The molecule has 6 heteroatoms. The fourth-order valence-corrected chi connectivity index (χ4v) is 5.26. The van der Waals surface area contributed by atoms with Gasteiger partial charge in [-0.3, -0.25) is 4.79 Å². The summed E-state index contributed by atoms with van der Waals surface area (Å²) in [6, 6.07) is 18.7. The SMILES string of the molecule is C[C@H]1CC(C)(C)N(C(=O)CNC(=S)N2CCN(c3ccccc3)CC2)c2ccccc21. The van der Waals surface area contributed by atoms with Crippen molar-refractivity contribution in [3.05, 3.63) is 60.2 Å². The topological polar surface area (TPSA) is 38.8 Å². The van der Waals surface area contributed by atoms with E-state index in [1.54, 1.807) is 0 Å². The van der Waals surface area contributed by atoms with Gasteiger partial charge in [0.1, 0.15) is 0 Å². The molecular formula is C25H32N4OS. The minimum Gasteiger partial charge on any atom is -0.368 e. The number of piperazine rings is 1. The summed E-state index contributed by atoms with van der Waals surface area (Å²) < 4.78 is 0. The number of carbonyl (C=O) groups is 1. The normalized spacial score (nSPS) is 20.2. The molecule has 1 saturated heterocycles. The summed E-state index contributed by atoms with van der Waals surface area (Å²) in [4.78, 5) is 19.8. The third kappa shape index (κ3) is 4.54. The molecule has 0 aliphatic carbocycles. The highest BCUT2D eigenvalue weighted by Gasteiger charge is 2.39. The standard InChI is InChI=1S/C25H32N4OS/c1-19-17-25(2,3)29(22-12-8-7-11-21(19)22)23(30)18-26-24(31)28-15-13-27(14-16-28)20-9-5-4-6-10-20/h4-12,19H,13-18H2,1-3H3,(H,26,31)/t19-/m0/s1. The largest absolute Gasteiger partial charge is 0.368 e. The van der Waals surface area contributed by atoms with Crippen molar-refractivity contribution in [2.24, 2.45) is 0 Å². The van der Waals surface area contributed by atoms with Gasteiger partial charge in [0.05, 0.1) is 6.54 Å². The van der Waals surface area contributed by atoms with Gasteiger partial charge in [0, 0.05) is 43.1 Å². The average Bonchev–Trinajstić information content (AvgIpc) is 2.77. The van der Waals surface area contributed by atoms with Crippen LogP contribution < -0.4 is 15.1 Å². The first-order valence-corrected chi connectivity index (χ1v) is 11.5. The molecule has 2 heterocycles. The van der Waals surface area contributed by atoms with E-state index in [0.717, 1.165) is 38.3 Å². The van der Waals surface area contributed by atoms with Crippen molar-refractivity contribution in [1.29, 1.82) is 0 Å². The molecule has 2 aromatic rings. The summed E-state index contributed by atoms with van der Waals surface area (Å²) in [5.74, 6) is 0.500. The van der Waals surface area contributed by atoms with Crippen LogP contribution in [0.15, 0.2) is 54.6 Å². The van der Waals surface area contributed by atoms with Gasteiger partial charge in [-0.1, -0.05) is 43.3 Å². The molecule has 2 aliphatic rings. The first kappa shape index (κ1) is 21.6. The van der Waals surface area contributed by atoms with Crippen molar-refractivity contribution < 1.29 is 4.79 Å². The van der Waals surface area contributed by atoms with Crippen LogP contribution in [0.5, 0.6) is 0 Å². The molecule has 0 saturated carbocycles. The van der Waals surface area contributed by atoms with Crippen LogP contribution in [0.4, 0.5) is 11.4 Å². The zero-order valence-corrected chi connectivity index (χ0v) is 19.5. The molecule has 0 spiro atoms. The van der Waals surface area contributed by atoms with Crippen LogP contribution in [0.3, 0.4) is 0 Å². The summed E-state index contributed by atoms with van der Waals surface area (Å²) in [6.45, 7) is 10.3. The number of thiocarbonyl (C=S) groups is 1. The molecule has 5 nitrogen and oxygen atoms in total. The van der Waals surface area contributed by atoms with Crippen LogP contribution >= 0.6 is 12.2 Å². The van der Waals surface area contributed by atoms with Crippen LogP contribution in [-0.4, -0.2) is 54.2 Å². The number of para-hydroxylation sites is 2. The number of carbonyl (C=O) groups excluding carboxylic acids is 1. The van der Waals surface area contributed by atoms with E-state index in [1.807, 2.05) is 17.0 Å². The number of nitrogens with one attached hydrogen (secondary N) is 1. The van der Waals surface area contributed by atoms with E-state index in [1.165, 1.54) is 11.3 Å². The molecule has 0 unspecified atom stereocenters. The zero-order chi connectivity index (χ0) is 22.0. The number of hydrogen-bond donors (Lipinski definition) is 1. The predicted molar refractivity (Wildman–Crippen MR) is 132 cm³/mol. The van der Waals surface area contributed by atoms with Crippen molar-refractivity contribution in [3.63, 3.8) is 0 Å². The molecule has 4 rings (SSSR count). The second kappa shape index (κ2) is 8.87. The summed E-state index contributed by atoms with van der Waals surface area (Å²) >= 11 is 5.63. The molecular weight excluding hydrogens is 404 g/mol. The molecule has 1 N–H and O–H groups in total. The summed E-state index contributed by atoms with van der Waals surface area (Å²) in [6.07, 6.45) is 0.946. The van der Waals surface area contributed by atoms with Crippen molar-refractivity contribution in [3.8, 4) is 0 Å². The quantitative estimate of drug-likeness (QED) is 0.737. The maximum absolute atomic E-state index is 13.3. The van der Waals surface area contributed by atoms with E-state index in [4.69, 9.17) is 12.2 Å². The first-order chi connectivity index (χ1) is 14.9. The Bertz CT molecular complexity index is 938. The van der Waals surface area contributed by atoms with Gasteiger partial charge in [-0.2, -0.15) is 0 Å². The summed E-state index contributed by atoms with van der Waals surface area (Å²) in [7, 11) is 0. The van der Waals surface area contributed by atoms with Crippen LogP contribution in [-0.2, 0) is 4.79 Å². The summed E-state index contributed by atoms with van der Waals surface area (Å²) in [5, 5.41) is 3.90. The molecule has 0 radical (unpaired) electrons. The minimum atomic E-state index is -0.227. The highest BCUT2D eigenvalue weighted by molar-refractivity contribution is 7.80. The van der Waals surface area contributed by atoms with Gasteiger partial charge in [-0.05, 0) is 62.2 Å². The number of benzene rings is 2. The highest BCUT2D eigenvalue weighted by Crippen LogP contribution is 2.43. The number of rotatable bonds is 3. The lowest BCUT2D eigenvalue weighted by Crippen LogP contribution is -2.56. The molecule has 2 aliphatic heterocycles. The van der Waals surface area contributed by atoms with Crippen LogP contribution in [0, 0.1) is 0 Å². The number of nitrogens with zero attached hydrogens (tertiary/aromatic N) is 3. The molecule has 1 amide bonds. The van der Waals surface area contributed by atoms with E-state index < -0.39 is 0 Å². The molecule has 1 fully saturated rings. The Morgan fingerprint density at radius 1 is 1.03 bits per heavy atom. The van der Waals surface area contributed by atoms with Gasteiger partial charge in [0.2, 0.25) is 5.91 Å². The molecule has 31 heavy (non-hydrogen) atoms. The van der Waals surface area contributed by atoms with Crippen molar-refractivity contribution in [2.75, 3.05) is 42.5 Å². The second-order valence-corrected chi connectivity index (χ2v) is 9.56. The first-order valence-electron chi connectivity index (χ1n) is 11.1. The van der Waals surface area contributed by atoms with E-state index in [-0.39, 0.29) is 18.0 Å². The van der Waals surface area contributed by atoms with Gasteiger partial charge in [0.25, 0.3) is 0 Å². The molecule has 2 aromatic carbocycles. The second-order valence-electron chi connectivity index (χ2n) is 9.17. The van der Waals surface area contributed by atoms with E-state index >= 15 is 0 Å². The third-order valence-electron chi connectivity index (χ3n) is 6.45. The van der Waals surface area contributed by atoms with Crippen LogP contribution in [0.25, 0.3) is 0 Å². The lowest BCUT2D eigenvalue weighted by atomic mass is 9.80. The maximum Gasteiger partial charge on any atom is 0.246 e. The monoisotopic (exact) mass is 436 g/mol. The number of amides is 1. The lowest BCUT2D eigenvalue weighted by Gasteiger charge is -2.46. The molecule has 0 bridgehead atoms. The van der Waals surface area contributed by atoms with Gasteiger partial charge in [-0.15, -0.1) is 0 Å². The van der Waals surface area contributed by atoms with E-state index in [0.29, 0.717) is 11.0 Å². The molecule has 1 atom stereocenters. The fraction of sp³-hybridized carbons (Fsp3) is 0.440. The number of fused-ring (bicyclic) bond motifs is 1. The molecule has 164 valence electrons. The minimum absolute atomic E-state index is 0.0645. The Kier molecular flexibility index (Phi) is 6.19. The number of anilines is 2. The Labute approximate surface area is 191 Å². The zero-order valence-electron chi connectivity index (χ0n) is 18.7. The van der Waals surface area contributed by atoms with Gasteiger partial charge in [0.15, 0.2) is 5.11 Å². The van der Waals surface area contributed by atoms with Crippen LogP contribution in [0.2, 0.25) is 0 Å². The predicted octanol–water partition coefficient (Wildman–Crippen LogP) is 4.00. The lowest BCUT2D eigenvalue weighted by molar-refractivity contribution is -0.118. The fourth-order valence-electron chi connectivity index (χ4n) is 5.01. The van der Waals surface area contributed by atoms with Gasteiger partial charge in [-0.25, -0.2) is 0 Å². The van der Waals surface area contributed by atoms with E-state index in [2.05, 4.69) is 78.4 Å². The van der Waals surface area contributed by atoms with Gasteiger partial charge >= 0.3 is 0 Å². The Balaban J connectivity index is 1.36. The smallest absolute Gasteiger partial charge is 0.246 e. The highest BCUT2D eigenvalue weighted by atomic mass is 32.1. The van der Waals surface area contributed by atoms with Crippen molar-refractivity contribution >= 4 is 34.6 Å². The van der Waals surface area contributed by atoms with Crippen molar-refractivity contribution in [2.45, 2.75) is 38.6 Å². The Hall–Kier alpha value is -2.60.